The molecule has 0 saturated carbocycles. The van der Waals surface area contributed by atoms with Crippen molar-refractivity contribution in [3.8, 4) is 0 Å². The average Bonchev–Trinajstić information content (AvgIpc) is 3.27. The Morgan fingerprint density at radius 1 is 1.21 bits per heavy atom. The lowest BCUT2D eigenvalue weighted by Gasteiger charge is -2.20. The number of carbonyl (C=O) groups excluding carboxylic acids is 2. The number of nitrogens with two attached hydrogens (primary N) is 1. The highest BCUT2D eigenvalue weighted by atomic mass is 16.7. The third kappa shape index (κ3) is 4.97. The van der Waals surface area contributed by atoms with Gasteiger partial charge >= 0.3 is 6.09 Å². The van der Waals surface area contributed by atoms with E-state index in [1.54, 1.807) is 30.5 Å². The first-order valence-corrected chi connectivity index (χ1v) is 9.69. The van der Waals surface area contributed by atoms with Crippen LogP contribution in [-0.4, -0.2) is 35.3 Å². The lowest BCUT2D eigenvalue weighted by atomic mass is 10.1. The maximum absolute atomic E-state index is 12.3. The van der Waals surface area contributed by atoms with Crippen molar-refractivity contribution in [1.82, 2.24) is 10.0 Å². The molecule has 2 aromatic rings. The molecule has 0 atom stereocenters. The van der Waals surface area contributed by atoms with Crippen LogP contribution in [0.3, 0.4) is 0 Å². The number of amides is 2. The SMILES string of the molecule is CCCOC(=O)N(Cc1c[nH]c(C=C2C(=O)Nc3ccc(N)cc32)c1)OCCC. The Kier molecular flexibility index (Phi) is 6.56. The van der Waals surface area contributed by atoms with Crippen LogP contribution in [0.1, 0.15) is 43.5 Å². The molecule has 0 fully saturated rings. The number of aromatic nitrogens is 1. The van der Waals surface area contributed by atoms with Gasteiger partial charge in [-0.15, -0.1) is 0 Å². The largest absolute Gasteiger partial charge is 0.448 e. The number of anilines is 2. The van der Waals surface area contributed by atoms with Gasteiger partial charge in [0, 0.05) is 28.8 Å². The molecular formula is C21H26N4O4. The van der Waals surface area contributed by atoms with Crippen molar-refractivity contribution in [2.75, 3.05) is 24.3 Å². The van der Waals surface area contributed by atoms with Crippen LogP contribution in [0.5, 0.6) is 0 Å². The first-order valence-electron chi connectivity index (χ1n) is 9.69. The Labute approximate surface area is 169 Å². The molecule has 1 aromatic carbocycles. The number of nitrogen functional groups attached to an aromatic ring is 1. The van der Waals surface area contributed by atoms with Gasteiger partial charge in [0.15, 0.2) is 0 Å². The number of ether oxygens (including phenoxy) is 1. The summed E-state index contributed by atoms with van der Waals surface area (Å²) in [7, 11) is 0. The predicted octanol–water partition coefficient (Wildman–Crippen LogP) is 3.78. The highest BCUT2D eigenvalue weighted by molar-refractivity contribution is 6.35. The molecule has 2 heterocycles. The van der Waals surface area contributed by atoms with E-state index in [1.807, 2.05) is 19.9 Å². The number of aromatic amines is 1. The Balaban J connectivity index is 1.76. The molecular weight excluding hydrogens is 372 g/mol. The van der Waals surface area contributed by atoms with Gasteiger partial charge in [-0.1, -0.05) is 13.8 Å². The number of hydrogen-bond acceptors (Lipinski definition) is 5. The van der Waals surface area contributed by atoms with E-state index in [4.69, 9.17) is 15.3 Å². The Bertz CT molecular complexity index is 919. The van der Waals surface area contributed by atoms with Crippen LogP contribution in [0, 0.1) is 0 Å². The van der Waals surface area contributed by atoms with E-state index in [9.17, 15) is 9.59 Å². The van der Waals surface area contributed by atoms with Gasteiger partial charge in [0.1, 0.15) is 0 Å². The Morgan fingerprint density at radius 2 is 2.00 bits per heavy atom. The predicted molar refractivity (Wildman–Crippen MR) is 112 cm³/mol. The van der Waals surface area contributed by atoms with Crippen LogP contribution in [0.15, 0.2) is 30.5 Å². The fraction of sp³-hybridized carbons (Fsp3) is 0.333. The fourth-order valence-corrected chi connectivity index (χ4v) is 2.93. The quantitative estimate of drug-likeness (QED) is 0.356. The minimum atomic E-state index is -0.513. The van der Waals surface area contributed by atoms with Crippen LogP contribution in [0.4, 0.5) is 16.2 Å². The van der Waals surface area contributed by atoms with Crippen molar-refractivity contribution < 1.29 is 19.2 Å². The summed E-state index contributed by atoms with van der Waals surface area (Å²) in [5.74, 6) is -0.183. The summed E-state index contributed by atoms with van der Waals surface area (Å²) in [5.41, 5.74) is 10.0. The van der Waals surface area contributed by atoms with E-state index in [1.165, 1.54) is 5.06 Å². The van der Waals surface area contributed by atoms with Gasteiger partial charge in [-0.2, -0.15) is 5.06 Å². The van der Waals surface area contributed by atoms with E-state index >= 15 is 0 Å². The number of rotatable bonds is 8. The second-order valence-electron chi connectivity index (χ2n) is 6.76. The number of nitrogens with one attached hydrogen (secondary N) is 2. The molecule has 2 amide bonds. The Morgan fingerprint density at radius 3 is 2.76 bits per heavy atom. The number of hydroxylamine groups is 2. The molecule has 154 valence electrons. The third-order valence-electron chi connectivity index (χ3n) is 4.30. The van der Waals surface area contributed by atoms with Crippen LogP contribution in [0.25, 0.3) is 11.6 Å². The number of hydrogen-bond donors (Lipinski definition) is 3. The van der Waals surface area contributed by atoms with Crippen LogP contribution < -0.4 is 11.1 Å². The number of carbonyl (C=O) groups is 2. The molecule has 4 N–H and O–H groups in total. The maximum Gasteiger partial charge on any atom is 0.434 e. The van der Waals surface area contributed by atoms with Gasteiger partial charge in [-0.3, -0.25) is 9.63 Å². The molecule has 0 bridgehead atoms. The van der Waals surface area contributed by atoms with E-state index in [0.717, 1.165) is 35.3 Å². The smallest absolute Gasteiger partial charge is 0.434 e. The molecule has 0 saturated heterocycles. The summed E-state index contributed by atoms with van der Waals surface area (Å²) in [6.07, 6.45) is 4.54. The van der Waals surface area contributed by atoms with Crippen molar-refractivity contribution in [3.63, 3.8) is 0 Å². The molecule has 0 spiro atoms. The van der Waals surface area contributed by atoms with Crippen LogP contribution >= 0.6 is 0 Å². The van der Waals surface area contributed by atoms with E-state index in [-0.39, 0.29) is 12.5 Å². The molecule has 1 aromatic heterocycles. The minimum absolute atomic E-state index is 0.183. The van der Waals surface area contributed by atoms with E-state index in [0.29, 0.717) is 24.5 Å². The van der Waals surface area contributed by atoms with Crippen LogP contribution in [-0.2, 0) is 20.9 Å². The highest BCUT2D eigenvalue weighted by Gasteiger charge is 2.24. The van der Waals surface area contributed by atoms with Crippen LogP contribution in [0.2, 0.25) is 0 Å². The highest BCUT2D eigenvalue weighted by Crippen LogP contribution is 2.34. The number of H-pyrrole nitrogens is 1. The maximum atomic E-state index is 12.3. The summed E-state index contributed by atoms with van der Waals surface area (Å²) < 4.78 is 5.18. The van der Waals surface area contributed by atoms with Gasteiger partial charge in [0.25, 0.3) is 5.91 Å². The normalized spacial score (nSPS) is 14.0. The van der Waals surface area contributed by atoms with Gasteiger partial charge in [-0.05, 0) is 48.7 Å². The van der Waals surface area contributed by atoms with Crippen molar-refractivity contribution in [3.05, 3.63) is 47.3 Å². The number of fused-ring (bicyclic) bond motifs is 1. The van der Waals surface area contributed by atoms with Gasteiger partial charge < -0.3 is 20.8 Å². The second kappa shape index (κ2) is 9.29. The summed E-state index contributed by atoms with van der Waals surface area (Å²) in [5, 5.41) is 4.05. The zero-order valence-electron chi connectivity index (χ0n) is 16.7. The standard InChI is InChI=1S/C21H26N4O4/c1-3-7-28-21(27)25(29-8-4-2)13-14-9-16(23-12-14)11-18-17-10-15(22)5-6-19(17)24-20(18)26/h5-6,9-12,23H,3-4,7-8,13,22H2,1-2H3,(H,24,26). The van der Waals surface area contributed by atoms with Gasteiger partial charge in [0.2, 0.25) is 0 Å². The lowest BCUT2D eigenvalue weighted by molar-refractivity contribution is -0.143. The van der Waals surface area contributed by atoms with Crippen molar-refractivity contribution >= 4 is 35.0 Å². The molecule has 1 aliphatic rings. The topological polar surface area (TPSA) is 110 Å². The first-order chi connectivity index (χ1) is 14.0. The summed E-state index contributed by atoms with van der Waals surface area (Å²) in [6.45, 7) is 4.89. The molecule has 3 rings (SSSR count). The summed E-state index contributed by atoms with van der Waals surface area (Å²) in [4.78, 5) is 33.2. The van der Waals surface area contributed by atoms with Crippen molar-refractivity contribution in [2.24, 2.45) is 0 Å². The van der Waals surface area contributed by atoms with Crippen molar-refractivity contribution in [1.29, 1.82) is 0 Å². The molecule has 29 heavy (non-hydrogen) atoms. The zero-order valence-corrected chi connectivity index (χ0v) is 16.7. The summed E-state index contributed by atoms with van der Waals surface area (Å²) in [6, 6.07) is 7.17. The van der Waals surface area contributed by atoms with Gasteiger partial charge in [-0.25, -0.2) is 4.79 Å². The molecule has 0 radical (unpaired) electrons. The lowest BCUT2D eigenvalue weighted by Crippen LogP contribution is -2.31. The molecule has 0 unspecified atom stereocenters. The summed E-state index contributed by atoms with van der Waals surface area (Å²) >= 11 is 0. The first kappa shape index (κ1) is 20.5. The molecule has 8 heteroatoms. The van der Waals surface area contributed by atoms with Gasteiger partial charge in [0.05, 0.1) is 25.3 Å². The number of benzene rings is 1. The zero-order chi connectivity index (χ0) is 20.8. The fourth-order valence-electron chi connectivity index (χ4n) is 2.93. The monoisotopic (exact) mass is 398 g/mol. The number of nitrogens with zero attached hydrogens (tertiary/aromatic N) is 1. The molecule has 0 aliphatic carbocycles. The minimum Gasteiger partial charge on any atom is -0.448 e. The van der Waals surface area contributed by atoms with E-state index < -0.39 is 6.09 Å². The molecule has 1 aliphatic heterocycles. The van der Waals surface area contributed by atoms with E-state index in [2.05, 4.69) is 10.3 Å². The molecule has 8 nitrogen and oxygen atoms in total. The average molecular weight is 398 g/mol. The third-order valence-corrected chi connectivity index (χ3v) is 4.30. The Hall–Kier alpha value is -3.26. The van der Waals surface area contributed by atoms with Crippen molar-refractivity contribution in [2.45, 2.75) is 33.2 Å². The second-order valence-corrected chi connectivity index (χ2v) is 6.76.